The lowest BCUT2D eigenvalue weighted by molar-refractivity contribution is 0.421. The number of nitriles is 1. The molecule has 1 aromatic heterocycles. The minimum Gasteiger partial charge on any atom is -0.364 e. The number of aromatic nitrogens is 1. The number of nitrogens with zero attached hydrogens (tertiary/aromatic N) is 2. The Balaban J connectivity index is 2.50. The number of halogens is 1. The molecule has 0 saturated heterocycles. The fourth-order valence-corrected chi connectivity index (χ4v) is 1.52. The van der Waals surface area contributed by atoms with Gasteiger partial charge in [-0.3, -0.25) is 0 Å². The van der Waals surface area contributed by atoms with E-state index in [9.17, 15) is 0 Å². The fourth-order valence-electron chi connectivity index (χ4n) is 1.33. The van der Waals surface area contributed by atoms with Crippen LogP contribution in [0.3, 0.4) is 0 Å². The molecule has 0 fully saturated rings. The first-order valence-corrected chi connectivity index (χ1v) is 4.88. The standard InChI is InChI=1S/C11H7ClN2O/c12-5-10-7-15-14-11(10)9-3-1-2-8(4-9)6-13/h1-4,7H,5H2. The molecule has 0 atom stereocenters. The van der Waals surface area contributed by atoms with E-state index in [0.29, 0.717) is 17.1 Å². The van der Waals surface area contributed by atoms with Crippen LogP contribution in [-0.4, -0.2) is 5.16 Å². The molecule has 0 saturated carbocycles. The highest BCUT2D eigenvalue weighted by molar-refractivity contribution is 6.17. The number of rotatable bonds is 2. The first-order chi connectivity index (χ1) is 7.35. The van der Waals surface area contributed by atoms with Gasteiger partial charge in [-0.25, -0.2) is 0 Å². The van der Waals surface area contributed by atoms with Crippen LogP contribution in [0, 0.1) is 11.3 Å². The molecule has 4 heteroatoms. The highest BCUT2D eigenvalue weighted by Crippen LogP contribution is 2.23. The average molecular weight is 219 g/mol. The van der Waals surface area contributed by atoms with Gasteiger partial charge in [0.2, 0.25) is 0 Å². The van der Waals surface area contributed by atoms with Crippen molar-refractivity contribution in [3.63, 3.8) is 0 Å². The predicted molar refractivity (Wildman–Crippen MR) is 56.2 cm³/mol. The van der Waals surface area contributed by atoms with Crippen LogP contribution in [0.4, 0.5) is 0 Å². The van der Waals surface area contributed by atoms with Crippen LogP contribution in [0.5, 0.6) is 0 Å². The molecular formula is C11H7ClN2O. The van der Waals surface area contributed by atoms with Gasteiger partial charge in [-0.2, -0.15) is 5.26 Å². The molecule has 15 heavy (non-hydrogen) atoms. The van der Waals surface area contributed by atoms with E-state index in [1.807, 2.05) is 6.07 Å². The third-order valence-corrected chi connectivity index (χ3v) is 2.34. The van der Waals surface area contributed by atoms with Crippen LogP contribution in [-0.2, 0) is 5.88 Å². The molecule has 74 valence electrons. The monoisotopic (exact) mass is 218 g/mol. The molecule has 1 heterocycles. The maximum atomic E-state index is 8.77. The topological polar surface area (TPSA) is 49.8 Å². The zero-order chi connectivity index (χ0) is 10.7. The summed E-state index contributed by atoms with van der Waals surface area (Å²) in [7, 11) is 0. The van der Waals surface area contributed by atoms with Crippen LogP contribution >= 0.6 is 11.6 Å². The second kappa shape index (κ2) is 4.16. The molecule has 0 unspecified atom stereocenters. The van der Waals surface area contributed by atoms with Crippen molar-refractivity contribution >= 4 is 11.6 Å². The van der Waals surface area contributed by atoms with Crippen LogP contribution in [0.15, 0.2) is 35.1 Å². The highest BCUT2D eigenvalue weighted by Gasteiger charge is 2.09. The lowest BCUT2D eigenvalue weighted by Gasteiger charge is -1.98. The summed E-state index contributed by atoms with van der Waals surface area (Å²) in [6.07, 6.45) is 1.52. The summed E-state index contributed by atoms with van der Waals surface area (Å²) >= 11 is 5.73. The largest absolute Gasteiger partial charge is 0.364 e. The summed E-state index contributed by atoms with van der Waals surface area (Å²) in [4.78, 5) is 0. The van der Waals surface area contributed by atoms with Gasteiger partial charge < -0.3 is 4.52 Å². The van der Waals surface area contributed by atoms with E-state index in [1.54, 1.807) is 18.2 Å². The van der Waals surface area contributed by atoms with Gasteiger partial charge in [-0.1, -0.05) is 17.3 Å². The molecule has 3 nitrogen and oxygen atoms in total. The molecule has 0 amide bonds. The zero-order valence-corrected chi connectivity index (χ0v) is 8.53. The Hall–Kier alpha value is -1.79. The molecule has 0 aliphatic carbocycles. The van der Waals surface area contributed by atoms with E-state index in [4.69, 9.17) is 21.4 Å². The Morgan fingerprint density at radius 1 is 1.47 bits per heavy atom. The van der Waals surface area contributed by atoms with Crippen molar-refractivity contribution in [3.8, 4) is 17.3 Å². The number of hydrogen-bond donors (Lipinski definition) is 0. The minimum absolute atomic E-state index is 0.343. The lowest BCUT2D eigenvalue weighted by Crippen LogP contribution is -1.84. The van der Waals surface area contributed by atoms with E-state index in [0.717, 1.165) is 11.1 Å². The van der Waals surface area contributed by atoms with Gasteiger partial charge in [0.25, 0.3) is 0 Å². The molecule has 0 aliphatic rings. The maximum Gasteiger partial charge on any atom is 0.128 e. The molecule has 2 aromatic rings. The smallest absolute Gasteiger partial charge is 0.128 e. The van der Waals surface area contributed by atoms with E-state index >= 15 is 0 Å². The SMILES string of the molecule is N#Cc1cccc(-c2nocc2CCl)c1. The van der Waals surface area contributed by atoms with Crippen LogP contribution < -0.4 is 0 Å². The Morgan fingerprint density at radius 3 is 3.07 bits per heavy atom. The predicted octanol–water partition coefficient (Wildman–Crippen LogP) is 2.95. The minimum atomic E-state index is 0.343. The van der Waals surface area contributed by atoms with Crippen LogP contribution in [0.2, 0.25) is 0 Å². The molecule has 0 bridgehead atoms. The second-order valence-corrected chi connectivity index (χ2v) is 3.28. The number of hydrogen-bond acceptors (Lipinski definition) is 3. The summed E-state index contributed by atoms with van der Waals surface area (Å²) in [6.45, 7) is 0. The van der Waals surface area contributed by atoms with Crippen molar-refractivity contribution in [1.82, 2.24) is 5.16 Å². The first kappa shape index (κ1) is 9.75. The van der Waals surface area contributed by atoms with E-state index in [1.165, 1.54) is 6.26 Å². The first-order valence-electron chi connectivity index (χ1n) is 4.35. The Kier molecular flexibility index (Phi) is 2.70. The van der Waals surface area contributed by atoms with Crippen molar-refractivity contribution in [1.29, 1.82) is 5.26 Å². The Morgan fingerprint density at radius 2 is 2.33 bits per heavy atom. The van der Waals surface area contributed by atoms with Crippen LogP contribution in [0.1, 0.15) is 11.1 Å². The molecule has 2 rings (SSSR count). The summed E-state index contributed by atoms with van der Waals surface area (Å²) in [5.74, 6) is 0.343. The summed E-state index contributed by atoms with van der Waals surface area (Å²) in [6, 6.07) is 9.25. The summed E-state index contributed by atoms with van der Waals surface area (Å²) in [5, 5.41) is 12.6. The summed E-state index contributed by atoms with van der Waals surface area (Å²) in [5.41, 5.74) is 2.96. The molecule has 0 radical (unpaired) electrons. The number of benzene rings is 1. The van der Waals surface area contributed by atoms with E-state index in [-0.39, 0.29) is 0 Å². The van der Waals surface area contributed by atoms with Gasteiger partial charge in [0.15, 0.2) is 0 Å². The normalized spacial score (nSPS) is 9.87. The van der Waals surface area contributed by atoms with Crippen molar-refractivity contribution in [2.45, 2.75) is 5.88 Å². The molecule has 1 aromatic carbocycles. The molecule has 0 aliphatic heterocycles. The van der Waals surface area contributed by atoms with Crippen molar-refractivity contribution in [2.75, 3.05) is 0 Å². The molecular weight excluding hydrogens is 212 g/mol. The highest BCUT2D eigenvalue weighted by atomic mass is 35.5. The lowest BCUT2D eigenvalue weighted by atomic mass is 10.1. The van der Waals surface area contributed by atoms with Crippen molar-refractivity contribution in [3.05, 3.63) is 41.7 Å². The number of alkyl halides is 1. The van der Waals surface area contributed by atoms with E-state index in [2.05, 4.69) is 11.2 Å². The molecule has 0 spiro atoms. The van der Waals surface area contributed by atoms with E-state index < -0.39 is 0 Å². The Labute approximate surface area is 91.9 Å². The van der Waals surface area contributed by atoms with Crippen molar-refractivity contribution < 1.29 is 4.52 Å². The maximum absolute atomic E-state index is 8.77. The quantitative estimate of drug-likeness (QED) is 0.729. The van der Waals surface area contributed by atoms with Gasteiger partial charge in [0.05, 0.1) is 17.5 Å². The van der Waals surface area contributed by atoms with Gasteiger partial charge in [0, 0.05) is 11.1 Å². The van der Waals surface area contributed by atoms with Crippen LogP contribution in [0.25, 0.3) is 11.3 Å². The average Bonchev–Trinajstić information content (AvgIpc) is 2.77. The van der Waals surface area contributed by atoms with Gasteiger partial charge in [-0.15, -0.1) is 11.6 Å². The Bertz CT molecular complexity index is 513. The van der Waals surface area contributed by atoms with Gasteiger partial charge in [-0.05, 0) is 12.1 Å². The van der Waals surface area contributed by atoms with Crippen molar-refractivity contribution in [2.24, 2.45) is 0 Å². The van der Waals surface area contributed by atoms with Gasteiger partial charge in [0.1, 0.15) is 12.0 Å². The van der Waals surface area contributed by atoms with Gasteiger partial charge >= 0.3 is 0 Å². The fraction of sp³-hybridized carbons (Fsp3) is 0.0909. The third kappa shape index (κ3) is 1.85. The zero-order valence-electron chi connectivity index (χ0n) is 7.77. The third-order valence-electron chi connectivity index (χ3n) is 2.05. The second-order valence-electron chi connectivity index (χ2n) is 3.01. The molecule has 0 N–H and O–H groups in total. The summed E-state index contributed by atoms with van der Waals surface area (Å²) < 4.78 is 4.85.